The van der Waals surface area contributed by atoms with Crippen molar-refractivity contribution < 1.29 is 23.0 Å². The average molecular weight is 168 g/mol. The van der Waals surface area contributed by atoms with Crippen molar-refractivity contribution in [1.29, 1.82) is 0 Å². The fourth-order valence-electron chi connectivity index (χ4n) is 0.542. The van der Waals surface area contributed by atoms with Gasteiger partial charge in [-0.2, -0.15) is 0 Å². The molecule has 0 heterocycles. The molecule has 62 valence electrons. The Morgan fingerprint density at radius 2 is 1.36 bits per heavy atom. The van der Waals surface area contributed by atoms with Gasteiger partial charge in [-0.25, -0.2) is 13.2 Å². The molecule has 0 spiro atoms. The summed E-state index contributed by atoms with van der Waals surface area (Å²) in [6, 6.07) is 0.997. The summed E-state index contributed by atoms with van der Waals surface area (Å²) < 4.78 is 36.2. The Morgan fingerprint density at radius 3 is 1.73 bits per heavy atom. The zero-order valence-electron chi connectivity index (χ0n) is 5.14. The van der Waals surface area contributed by atoms with E-state index >= 15 is 0 Å². The largest absolute Gasteiger partial charge is 0.508 e. The predicted molar refractivity (Wildman–Crippen MR) is 30.5 cm³/mol. The lowest BCUT2D eigenvalue weighted by Crippen LogP contribution is -1.88. The molecule has 1 nitrogen and oxygen atoms in total. The Bertz CT molecular complexity index is 238. The second-order valence-electron chi connectivity index (χ2n) is 1.72. The number of halogens is 4. The van der Waals surface area contributed by atoms with Crippen LogP contribution in [-0.2, 0) is 0 Å². The summed E-state index contributed by atoms with van der Waals surface area (Å²) in [4.78, 5) is 0. The van der Waals surface area contributed by atoms with Gasteiger partial charge in [-0.1, -0.05) is 0 Å². The van der Waals surface area contributed by atoms with Crippen LogP contribution in [0.4, 0.5) is 17.9 Å². The monoisotopic (exact) mass is 168 g/mol. The molecule has 0 bridgehead atoms. The third-order valence-electron chi connectivity index (χ3n) is 0.969. The Hall–Kier alpha value is -1.26. The first kappa shape index (κ1) is 9.74. The zero-order valence-corrected chi connectivity index (χ0v) is 5.14. The van der Waals surface area contributed by atoms with Gasteiger partial charge in [0.1, 0.15) is 5.75 Å². The van der Waals surface area contributed by atoms with Crippen molar-refractivity contribution in [3.05, 3.63) is 29.6 Å². The van der Waals surface area contributed by atoms with E-state index in [2.05, 4.69) is 0 Å². The maximum atomic E-state index is 12.1. The van der Waals surface area contributed by atoms with Crippen LogP contribution in [0.2, 0.25) is 0 Å². The van der Waals surface area contributed by atoms with Gasteiger partial charge in [-0.15, -0.1) is 0 Å². The fourth-order valence-corrected chi connectivity index (χ4v) is 0.542. The molecule has 0 atom stereocenters. The van der Waals surface area contributed by atoms with Gasteiger partial charge >= 0.3 is 0 Å². The predicted octanol–water partition coefficient (Wildman–Crippen LogP) is 1.96. The highest BCUT2D eigenvalue weighted by atomic mass is 19.2. The number of phenolic OH excluding ortho intramolecular Hbond substituents is 1. The highest BCUT2D eigenvalue weighted by Crippen LogP contribution is 2.17. The van der Waals surface area contributed by atoms with E-state index in [0.717, 1.165) is 0 Å². The molecule has 11 heavy (non-hydrogen) atoms. The van der Waals surface area contributed by atoms with Crippen LogP contribution in [-0.4, -0.2) is 5.11 Å². The van der Waals surface area contributed by atoms with Gasteiger partial charge in [0.15, 0.2) is 17.5 Å². The van der Waals surface area contributed by atoms with Crippen LogP contribution in [0.1, 0.15) is 0 Å². The van der Waals surface area contributed by atoms with E-state index in [0.29, 0.717) is 12.1 Å². The van der Waals surface area contributed by atoms with Gasteiger partial charge < -0.3 is 5.11 Å². The highest BCUT2D eigenvalue weighted by Gasteiger charge is 2.08. The van der Waals surface area contributed by atoms with E-state index in [9.17, 15) is 13.2 Å². The summed E-state index contributed by atoms with van der Waals surface area (Å²) in [6.45, 7) is 0. The van der Waals surface area contributed by atoms with Crippen LogP contribution in [0.15, 0.2) is 12.1 Å². The maximum Gasteiger partial charge on any atom is 0.194 e. The second kappa shape index (κ2) is 3.23. The van der Waals surface area contributed by atoms with E-state index in [1.165, 1.54) is 0 Å². The molecule has 0 saturated carbocycles. The van der Waals surface area contributed by atoms with Gasteiger partial charge in [0.2, 0.25) is 0 Å². The first-order valence-corrected chi connectivity index (χ1v) is 2.45. The molecule has 1 rings (SSSR count). The Kier molecular flexibility index (Phi) is 2.86. The van der Waals surface area contributed by atoms with Crippen molar-refractivity contribution in [3.63, 3.8) is 0 Å². The lowest BCUT2D eigenvalue weighted by molar-refractivity contribution is 0.419. The molecular weight excluding hydrogens is 164 g/mol. The van der Waals surface area contributed by atoms with Crippen LogP contribution in [0.25, 0.3) is 0 Å². The maximum absolute atomic E-state index is 12.1. The quantitative estimate of drug-likeness (QED) is 0.463. The normalized spacial score (nSPS) is 9.00. The summed E-state index contributed by atoms with van der Waals surface area (Å²) >= 11 is 0. The number of aromatic hydroxyl groups is 1. The molecule has 0 aliphatic heterocycles. The van der Waals surface area contributed by atoms with Crippen molar-refractivity contribution in [3.8, 4) is 5.75 Å². The molecule has 0 aromatic heterocycles. The standard InChI is InChI=1S/C6H3F3O.FH/c7-4-1-3(10)2-5(8)6(4)9;/h1-2,10H;1H. The molecule has 0 unspecified atom stereocenters. The van der Waals surface area contributed by atoms with E-state index in [-0.39, 0.29) is 4.70 Å². The summed E-state index contributed by atoms with van der Waals surface area (Å²) in [5, 5.41) is 8.47. The molecule has 0 saturated heterocycles. The first-order valence-electron chi connectivity index (χ1n) is 2.45. The van der Waals surface area contributed by atoms with Crippen molar-refractivity contribution in [1.82, 2.24) is 0 Å². The fraction of sp³-hybridized carbons (Fsp3) is 0. The highest BCUT2D eigenvalue weighted by molar-refractivity contribution is 5.23. The average Bonchev–Trinajstić information content (AvgIpc) is 1.82. The van der Waals surface area contributed by atoms with Gasteiger partial charge in [0.05, 0.1) is 0 Å². The molecular formula is C6H4F4O. The molecule has 1 N–H and O–H groups in total. The molecule has 1 aromatic rings. The molecule has 0 amide bonds. The zero-order chi connectivity index (χ0) is 7.72. The first-order chi connectivity index (χ1) is 4.61. The SMILES string of the molecule is F.Oc1cc(F)c(F)c(F)c1. The van der Waals surface area contributed by atoms with E-state index in [1.807, 2.05) is 0 Å². The van der Waals surface area contributed by atoms with Gasteiger partial charge in [0.25, 0.3) is 0 Å². The van der Waals surface area contributed by atoms with Crippen LogP contribution >= 0.6 is 0 Å². The number of benzene rings is 1. The van der Waals surface area contributed by atoms with Gasteiger partial charge in [-0.3, -0.25) is 4.70 Å². The number of hydrogen-bond acceptors (Lipinski definition) is 1. The van der Waals surface area contributed by atoms with Crippen LogP contribution in [0, 0.1) is 17.5 Å². The van der Waals surface area contributed by atoms with E-state index in [4.69, 9.17) is 5.11 Å². The van der Waals surface area contributed by atoms with Crippen molar-refractivity contribution in [2.45, 2.75) is 0 Å². The second-order valence-corrected chi connectivity index (χ2v) is 1.72. The third kappa shape index (κ3) is 1.83. The topological polar surface area (TPSA) is 20.2 Å². The molecule has 0 aliphatic rings. The molecule has 0 radical (unpaired) electrons. The molecule has 0 fully saturated rings. The molecule has 5 heteroatoms. The van der Waals surface area contributed by atoms with Crippen molar-refractivity contribution in [2.24, 2.45) is 0 Å². The summed E-state index contributed by atoms with van der Waals surface area (Å²) in [5.41, 5.74) is 0. The lowest BCUT2D eigenvalue weighted by atomic mass is 10.3. The Morgan fingerprint density at radius 1 is 1.00 bits per heavy atom. The van der Waals surface area contributed by atoms with E-state index < -0.39 is 23.2 Å². The van der Waals surface area contributed by atoms with Crippen molar-refractivity contribution >= 4 is 0 Å². The Labute approximate surface area is 59.5 Å². The minimum absolute atomic E-state index is 0. The number of phenols is 1. The summed E-state index contributed by atoms with van der Waals surface area (Å²) in [5.74, 6) is -4.98. The van der Waals surface area contributed by atoms with Crippen LogP contribution in [0.3, 0.4) is 0 Å². The van der Waals surface area contributed by atoms with E-state index in [1.54, 1.807) is 0 Å². The van der Waals surface area contributed by atoms with Crippen LogP contribution in [0.5, 0.6) is 5.75 Å². The third-order valence-corrected chi connectivity index (χ3v) is 0.969. The van der Waals surface area contributed by atoms with Crippen LogP contribution < -0.4 is 0 Å². The summed E-state index contributed by atoms with van der Waals surface area (Å²) in [7, 11) is 0. The molecule has 1 aromatic carbocycles. The minimum Gasteiger partial charge on any atom is -0.508 e. The Balaban J connectivity index is 0.000001000. The number of hydrogen-bond donors (Lipinski definition) is 1. The summed E-state index contributed by atoms with van der Waals surface area (Å²) in [6.07, 6.45) is 0. The molecule has 0 aliphatic carbocycles. The van der Waals surface area contributed by atoms with Gasteiger partial charge in [0, 0.05) is 12.1 Å². The van der Waals surface area contributed by atoms with Gasteiger partial charge in [-0.05, 0) is 0 Å². The number of rotatable bonds is 0. The van der Waals surface area contributed by atoms with Crippen molar-refractivity contribution in [2.75, 3.05) is 0 Å². The smallest absolute Gasteiger partial charge is 0.194 e. The lowest BCUT2D eigenvalue weighted by Gasteiger charge is -1.94. The minimum atomic E-state index is -1.57.